The largest absolute Gasteiger partial charge is 0.361 e. The van der Waals surface area contributed by atoms with E-state index in [1.165, 1.54) is 35.7 Å². The van der Waals surface area contributed by atoms with Gasteiger partial charge in [0.1, 0.15) is 0 Å². The number of rotatable bonds is 4. The van der Waals surface area contributed by atoms with Crippen LogP contribution in [0.4, 0.5) is 0 Å². The minimum Gasteiger partial charge on any atom is -0.361 e. The van der Waals surface area contributed by atoms with Gasteiger partial charge in [0.05, 0.1) is 0 Å². The zero-order valence-corrected chi connectivity index (χ0v) is 12.7. The van der Waals surface area contributed by atoms with Crippen molar-refractivity contribution in [2.24, 2.45) is 11.8 Å². The molecule has 108 valence electrons. The summed E-state index contributed by atoms with van der Waals surface area (Å²) in [4.78, 5) is 3.36. The normalized spacial score (nSPS) is 27.0. The van der Waals surface area contributed by atoms with E-state index in [4.69, 9.17) is 0 Å². The Labute approximate surface area is 122 Å². The van der Waals surface area contributed by atoms with Crippen molar-refractivity contribution in [3.8, 4) is 0 Å². The first-order chi connectivity index (χ1) is 9.72. The van der Waals surface area contributed by atoms with Crippen LogP contribution >= 0.6 is 0 Å². The summed E-state index contributed by atoms with van der Waals surface area (Å²) in [6.45, 7) is 5.87. The number of H-pyrrole nitrogens is 1. The number of nitrogens with one attached hydrogen (secondary N) is 2. The summed E-state index contributed by atoms with van der Waals surface area (Å²) in [5.41, 5.74) is 2.69. The molecule has 0 radical (unpaired) electrons. The van der Waals surface area contributed by atoms with Crippen molar-refractivity contribution in [3.05, 3.63) is 36.0 Å². The second-order valence-corrected chi connectivity index (χ2v) is 6.68. The maximum absolute atomic E-state index is 3.77. The van der Waals surface area contributed by atoms with E-state index in [1.54, 1.807) is 0 Å². The summed E-state index contributed by atoms with van der Waals surface area (Å²) in [7, 11) is 0. The highest BCUT2D eigenvalue weighted by molar-refractivity contribution is 5.83. The van der Waals surface area contributed by atoms with Crippen LogP contribution in [0.1, 0.15) is 38.7 Å². The molecule has 2 nitrogen and oxygen atoms in total. The van der Waals surface area contributed by atoms with Crippen LogP contribution in [0, 0.1) is 11.8 Å². The lowest BCUT2D eigenvalue weighted by Crippen LogP contribution is -2.37. The van der Waals surface area contributed by atoms with E-state index in [2.05, 4.69) is 54.6 Å². The lowest BCUT2D eigenvalue weighted by atomic mass is 9.80. The molecule has 1 aliphatic rings. The van der Waals surface area contributed by atoms with Crippen molar-refractivity contribution in [1.29, 1.82) is 0 Å². The van der Waals surface area contributed by atoms with E-state index in [9.17, 15) is 0 Å². The van der Waals surface area contributed by atoms with E-state index in [1.807, 2.05) is 0 Å². The van der Waals surface area contributed by atoms with Gasteiger partial charge in [0, 0.05) is 23.1 Å². The third kappa shape index (κ3) is 3.06. The SMILES string of the molecule is CC1CC(C)CC(NCCc2c[nH]c3ccccc23)C1. The molecular formula is C18H26N2. The molecule has 0 bridgehead atoms. The predicted molar refractivity (Wildman–Crippen MR) is 86.0 cm³/mol. The van der Waals surface area contributed by atoms with Gasteiger partial charge < -0.3 is 10.3 Å². The Morgan fingerprint density at radius 1 is 1.10 bits per heavy atom. The molecule has 1 aliphatic carbocycles. The Morgan fingerprint density at radius 3 is 2.65 bits per heavy atom. The summed E-state index contributed by atoms with van der Waals surface area (Å²) in [5.74, 6) is 1.76. The second-order valence-electron chi connectivity index (χ2n) is 6.68. The smallest absolute Gasteiger partial charge is 0.0456 e. The highest BCUT2D eigenvalue weighted by Crippen LogP contribution is 2.28. The fraction of sp³-hybridized carbons (Fsp3) is 0.556. The molecule has 1 heterocycles. The van der Waals surface area contributed by atoms with Crippen LogP contribution < -0.4 is 5.32 Å². The van der Waals surface area contributed by atoms with Gasteiger partial charge in [0.2, 0.25) is 0 Å². The van der Waals surface area contributed by atoms with Crippen molar-refractivity contribution in [2.75, 3.05) is 6.54 Å². The van der Waals surface area contributed by atoms with Crippen LogP contribution in [0.3, 0.4) is 0 Å². The molecular weight excluding hydrogens is 244 g/mol. The third-order valence-corrected chi connectivity index (χ3v) is 4.68. The summed E-state index contributed by atoms with van der Waals surface area (Å²) in [6, 6.07) is 9.30. The van der Waals surface area contributed by atoms with Crippen molar-refractivity contribution in [3.63, 3.8) is 0 Å². The molecule has 0 amide bonds. The average Bonchev–Trinajstić information content (AvgIpc) is 2.81. The molecule has 1 aromatic carbocycles. The third-order valence-electron chi connectivity index (χ3n) is 4.68. The van der Waals surface area contributed by atoms with Gasteiger partial charge in [0.15, 0.2) is 0 Å². The Hall–Kier alpha value is -1.28. The molecule has 20 heavy (non-hydrogen) atoms. The molecule has 2 heteroatoms. The van der Waals surface area contributed by atoms with Crippen molar-refractivity contribution < 1.29 is 0 Å². The Bertz CT molecular complexity index is 547. The van der Waals surface area contributed by atoms with Gasteiger partial charge >= 0.3 is 0 Å². The zero-order valence-electron chi connectivity index (χ0n) is 12.7. The van der Waals surface area contributed by atoms with Gasteiger partial charge in [-0.1, -0.05) is 32.0 Å². The van der Waals surface area contributed by atoms with Crippen LogP contribution in [0.2, 0.25) is 0 Å². The van der Waals surface area contributed by atoms with Crippen molar-refractivity contribution >= 4 is 10.9 Å². The van der Waals surface area contributed by atoms with Crippen LogP contribution in [-0.4, -0.2) is 17.6 Å². The summed E-state index contributed by atoms with van der Waals surface area (Å²) in [6.07, 6.45) is 7.37. The minimum absolute atomic E-state index is 0.721. The van der Waals surface area contributed by atoms with Crippen LogP contribution in [0.25, 0.3) is 10.9 Å². The topological polar surface area (TPSA) is 27.8 Å². The van der Waals surface area contributed by atoms with Gasteiger partial charge in [-0.15, -0.1) is 0 Å². The quantitative estimate of drug-likeness (QED) is 0.859. The zero-order chi connectivity index (χ0) is 13.9. The second kappa shape index (κ2) is 6.01. The summed E-state index contributed by atoms with van der Waals surface area (Å²) in [5, 5.41) is 5.15. The fourth-order valence-corrected chi connectivity index (χ4v) is 3.86. The molecule has 0 spiro atoms. The van der Waals surface area contributed by atoms with E-state index in [0.29, 0.717) is 0 Å². The van der Waals surface area contributed by atoms with E-state index in [0.717, 1.165) is 30.8 Å². The maximum Gasteiger partial charge on any atom is 0.0456 e. The molecule has 1 aromatic heterocycles. The van der Waals surface area contributed by atoms with Crippen LogP contribution in [0.15, 0.2) is 30.5 Å². The molecule has 3 rings (SSSR count). The van der Waals surface area contributed by atoms with Gasteiger partial charge in [-0.05, 0) is 55.7 Å². The van der Waals surface area contributed by atoms with Gasteiger partial charge in [0.25, 0.3) is 0 Å². The molecule has 2 aromatic rings. The van der Waals surface area contributed by atoms with Crippen molar-refractivity contribution in [1.82, 2.24) is 10.3 Å². The van der Waals surface area contributed by atoms with Gasteiger partial charge in [-0.25, -0.2) is 0 Å². The van der Waals surface area contributed by atoms with E-state index < -0.39 is 0 Å². The first kappa shape index (κ1) is 13.7. The fourth-order valence-electron chi connectivity index (χ4n) is 3.86. The number of para-hydroxylation sites is 1. The first-order valence-electron chi connectivity index (χ1n) is 8.00. The highest BCUT2D eigenvalue weighted by Gasteiger charge is 2.23. The number of hydrogen-bond donors (Lipinski definition) is 2. The van der Waals surface area contributed by atoms with Crippen molar-refractivity contribution in [2.45, 2.75) is 45.6 Å². The number of aromatic nitrogens is 1. The molecule has 2 unspecified atom stereocenters. The van der Waals surface area contributed by atoms with Gasteiger partial charge in [-0.2, -0.15) is 0 Å². The van der Waals surface area contributed by atoms with Crippen LogP contribution in [-0.2, 0) is 6.42 Å². The standard InChI is InChI=1S/C18H26N2/c1-13-9-14(2)11-16(10-13)19-8-7-15-12-20-18-6-4-3-5-17(15)18/h3-6,12-14,16,19-20H,7-11H2,1-2H3. The molecule has 0 aliphatic heterocycles. The Balaban J connectivity index is 1.55. The minimum atomic E-state index is 0.721. The Morgan fingerprint density at radius 2 is 1.85 bits per heavy atom. The number of fused-ring (bicyclic) bond motifs is 1. The Kier molecular flexibility index (Phi) is 4.11. The molecule has 1 saturated carbocycles. The van der Waals surface area contributed by atoms with Crippen LogP contribution in [0.5, 0.6) is 0 Å². The summed E-state index contributed by atoms with van der Waals surface area (Å²) >= 11 is 0. The maximum atomic E-state index is 3.77. The molecule has 1 fully saturated rings. The van der Waals surface area contributed by atoms with E-state index in [-0.39, 0.29) is 0 Å². The molecule has 2 atom stereocenters. The lowest BCUT2D eigenvalue weighted by Gasteiger charge is -2.32. The highest BCUT2D eigenvalue weighted by atomic mass is 14.9. The average molecular weight is 270 g/mol. The lowest BCUT2D eigenvalue weighted by molar-refractivity contribution is 0.240. The number of benzene rings is 1. The first-order valence-corrected chi connectivity index (χ1v) is 8.00. The van der Waals surface area contributed by atoms with Gasteiger partial charge in [-0.3, -0.25) is 0 Å². The monoisotopic (exact) mass is 270 g/mol. The predicted octanol–water partition coefficient (Wildman–Crippen LogP) is 4.12. The molecule has 0 saturated heterocycles. The number of hydrogen-bond acceptors (Lipinski definition) is 1. The molecule has 2 N–H and O–H groups in total. The number of aromatic amines is 1. The van der Waals surface area contributed by atoms with E-state index >= 15 is 0 Å². The summed E-state index contributed by atoms with van der Waals surface area (Å²) < 4.78 is 0.